The van der Waals surface area contributed by atoms with Gasteiger partial charge in [0, 0.05) is 18.7 Å². The summed E-state index contributed by atoms with van der Waals surface area (Å²) in [6.07, 6.45) is 4.27. The Morgan fingerprint density at radius 3 is 2.58 bits per heavy atom. The number of likely N-dealkylation sites (tertiary alicyclic amines) is 1. The number of hydrogen-bond donors (Lipinski definition) is 1. The van der Waals surface area contributed by atoms with Gasteiger partial charge < -0.3 is 9.32 Å². The van der Waals surface area contributed by atoms with Crippen molar-refractivity contribution in [3.05, 3.63) is 46.1 Å². The molecule has 3 rings (SSSR count). The fraction of sp³-hybridized carbons (Fsp3) is 0.278. The van der Waals surface area contributed by atoms with Crippen molar-refractivity contribution in [1.82, 2.24) is 10.3 Å². The van der Waals surface area contributed by atoms with Crippen LogP contribution in [-0.2, 0) is 9.59 Å². The number of hydrogen-bond acceptors (Lipinski definition) is 4. The fourth-order valence-electron chi connectivity index (χ4n) is 2.67. The molecule has 0 unspecified atom stereocenters. The van der Waals surface area contributed by atoms with Gasteiger partial charge in [0.05, 0.1) is 16.3 Å². The van der Waals surface area contributed by atoms with E-state index < -0.39 is 11.8 Å². The molecule has 26 heavy (non-hydrogen) atoms. The van der Waals surface area contributed by atoms with Gasteiger partial charge in [0.1, 0.15) is 11.5 Å². The van der Waals surface area contributed by atoms with Gasteiger partial charge in [-0.15, -0.1) is 0 Å². The number of halogens is 2. The van der Waals surface area contributed by atoms with Crippen LogP contribution < -0.4 is 5.43 Å². The summed E-state index contributed by atoms with van der Waals surface area (Å²) in [5.41, 5.74) is 3.00. The number of rotatable bonds is 3. The molecule has 1 saturated heterocycles. The van der Waals surface area contributed by atoms with Crippen LogP contribution in [0.3, 0.4) is 0 Å². The van der Waals surface area contributed by atoms with Gasteiger partial charge in [0.2, 0.25) is 0 Å². The molecule has 1 aromatic carbocycles. The molecule has 1 aromatic heterocycles. The summed E-state index contributed by atoms with van der Waals surface area (Å²) < 4.78 is 5.63. The van der Waals surface area contributed by atoms with Crippen LogP contribution in [0.4, 0.5) is 0 Å². The van der Waals surface area contributed by atoms with Crippen LogP contribution in [0, 0.1) is 0 Å². The highest BCUT2D eigenvalue weighted by molar-refractivity contribution is 6.42. The molecule has 0 saturated carbocycles. The summed E-state index contributed by atoms with van der Waals surface area (Å²) in [4.78, 5) is 25.4. The number of benzene rings is 1. The second-order valence-electron chi connectivity index (χ2n) is 5.88. The smallest absolute Gasteiger partial charge is 0.329 e. The molecule has 0 atom stereocenters. The Morgan fingerprint density at radius 2 is 1.85 bits per heavy atom. The third-order valence-electron chi connectivity index (χ3n) is 4.03. The lowest BCUT2D eigenvalue weighted by Gasteiger charge is -2.25. The van der Waals surface area contributed by atoms with Crippen molar-refractivity contribution < 1.29 is 14.0 Å². The van der Waals surface area contributed by atoms with Gasteiger partial charge in [-0.3, -0.25) is 9.59 Å². The number of amides is 2. The molecule has 2 heterocycles. The van der Waals surface area contributed by atoms with Crippen LogP contribution in [-0.4, -0.2) is 36.0 Å². The highest BCUT2D eigenvalue weighted by Gasteiger charge is 2.22. The monoisotopic (exact) mass is 393 g/mol. The molecule has 0 bridgehead atoms. The number of carbonyl (C=O) groups is 2. The van der Waals surface area contributed by atoms with E-state index in [2.05, 4.69) is 10.5 Å². The van der Waals surface area contributed by atoms with Crippen LogP contribution in [0.15, 0.2) is 39.9 Å². The maximum Gasteiger partial charge on any atom is 0.329 e. The minimum absolute atomic E-state index is 0.428. The lowest BCUT2D eigenvalue weighted by Crippen LogP contribution is -2.43. The lowest BCUT2D eigenvalue weighted by atomic mass is 10.1. The van der Waals surface area contributed by atoms with E-state index >= 15 is 0 Å². The van der Waals surface area contributed by atoms with Crippen molar-refractivity contribution in [3.63, 3.8) is 0 Å². The summed E-state index contributed by atoms with van der Waals surface area (Å²) in [7, 11) is 0. The van der Waals surface area contributed by atoms with Crippen molar-refractivity contribution in [3.8, 4) is 11.3 Å². The van der Waals surface area contributed by atoms with E-state index in [4.69, 9.17) is 27.6 Å². The number of furan rings is 1. The Hall–Kier alpha value is -2.31. The summed E-state index contributed by atoms with van der Waals surface area (Å²) in [5.74, 6) is -0.297. The molecule has 0 aliphatic carbocycles. The minimum Gasteiger partial charge on any atom is -0.455 e. The molecular weight excluding hydrogens is 377 g/mol. The fourth-order valence-corrected chi connectivity index (χ4v) is 2.97. The molecular formula is C18H17Cl2N3O3. The topological polar surface area (TPSA) is 74.9 Å². The first-order valence-corrected chi connectivity index (χ1v) is 8.98. The zero-order chi connectivity index (χ0) is 18.5. The van der Waals surface area contributed by atoms with Crippen molar-refractivity contribution in [2.75, 3.05) is 13.1 Å². The maximum absolute atomic E-state index is 12.0. The van der Waals surface area contributed by atoms with Crippen molar-refractivity contribution in [2.24, 2.45) is 5.10 Å². The predicted molar refractivity (Wildman–Crippen MR) is 100 cm³/mol. The molecule has 0 spiro atoms. The predicted octanol–water partition coefficient (Wildman–Crippen LogP) is 3.72. The molecule has 1 fully saturated rings. The number of piperidine rings is 1. The zero-order valence-electron chi connectivity index (χ0n) is 13.9. The first kappa shape index (κ1) is 18.5. The molecule has 1 aliphatic heterocycles. The van der Waals surface area contributed by atoms with Gasteiger partial charge in [-0.1, -0.05) is 23.2 Å². The molecule has 2 aromatic rings. The summed E-state index contributed by atoms with van der Waals surface area (Å²) >= 11 is 11.9. The van der Waals surface area contributed by atoms with Crippen molar-refractivity contribution in [1.29, 1.82) is 0 Å². The van der Waals surface area contributed by atoms with Gasteiger partial charge in [-0.05, 0) is 49.6 Å². The Bertz CT molecular complexity index is 842. The Morgan fingerprint density at radius 1 is 1.08 bits per heavy atom. The molecule has 1 aliphatic rings. The quantitative estimate of drug-likeness (QED) is 0.490. The largest absolute Gasteiger partial charge is 0.455 e. The van der Waals surface area contributed by atoms with Gasteiger partial charge >= 0.3 is 11.8 Å². The second-order valence-corrected chi connectivity index (χ2v) is 6.70. The minimum atomic E-state index is -0.751. The first-order valence-electron chi connectivity index (χ1n) is 8.22. The van der Waals surface area contributed by atoms with Crippen LogP contribution in [0.25, 0.3) is 11.3 Å². The molecule has 136 valence electrons. The summed E-state index contributed by atoms with van der Waals surface area (Å²) in [5, 5.41) is 4.68. The van der Waals surface area contributed by atoms with Crippen LogP contribution in [0.1, 0.15) is 25.0 Å². The number of carbonyl (C=O) groups excluding carboxylic acids is 2. The summed E-state index contributed by atoms with van der Waals surface area (Å²) in [6, 6.07) is 8.61. The van der Waals surface area contributed by atoms with E-state index in [1.165, 1.54) is 6.21 Å². The van der Waals surface area contributed by atoms with E-state index in [-0.39, 0.29) is 0 Å². The van der Waals surface area contributed by atoms with Gasteiger partial charge in [0.15, 0.2) is 0 Å². The third kappa shape index (κ3) is 4.45. The van der Waals surface area contributed by atoms with E-state index in [0.717, 1.165) is 24.8 Å². The van der Waals surface area contributed by atoms with E-state index in [1.807, 2.05) is 0 Å². The molecule has 0 radical (unpaired) electrons. The Labute approximate surface area is 160 Å². The van der Waals surface area contributed by atoms with Crippen LogP contribution in [0.2, 0.25) is 10.0 Å². The first-order chi connectivity index (χ1) is 12.5. The highest BCUT2D eigenvalue weighted by Crippen LogP contribution is 2.29. The zero-order valence-corrected chi connectivity index (χ0v) is 15.4. The Kier molecular flexibility index (Phi) is 5.96. The standard InChI is InChI=1S/C18H17Cl2N3O3/c19-14-6-4-12(10-15(14)20)16-7-5-13(26-16)11-21-22-17(24)18(25)23-8-2-1-3-9-23/h4-7,10-11H,1-3,8-9H2,(H,22,24)/b21-11+. The van der Waals surface area contributed by atoms with Gasteiger partial charge in [-0.2, -0.15) is 5.10 Å². The van der Waals surface area contributed by atoms with E-state index in [0.29, 0.717) is 34.7 Å². The van der Waals surface area contributed by atoms with Crippen LogP contribution in [0.5, 0.6) is 0 Å². The van der Waals surface area contributed by atoms with Crippen molar-refractivity contribution in [2.45, 2.75) is 19.3 Å². The highest BCUT2D eigenvalue weighted by atomic mass is 35.5. The number of nitrogens with zero attached hydrogens (tertiary/aromatic N) is 2. The molecule has 8 heteroatoms. The lowest BCUT2D eigenvalue weighted by molar-refractivity contribution is -0.146. The van der Waals surface area contributed by atoms with E-state index in [1.54, 1.807) is 35.2 Å². The Balaban J connectivity index is 1.59. The van der Waals surface area contributed by atoms with Gasteiger partial charge in [0.25, 0.3) is 0 Å². The van der Waals surface area contributed by atoms with Crippen molar-refractivity contribution >= 4 is 41.2 Å². The maximum atomic E-state index is 12.0. The van der Waals surface area contributed by atoms with Gasteiger partial charge in [-0.25, -0.2) is 5.43 Å². The SMILES string of the molecule is O=C(N/N=C/c1ccc(-c2ccc(Cl)c(Cl)c2)o1)C(=O)N1CCCCC1. The normalized spacial score (nSPS) is 14.6. The number of hydrazone groups is 1. The number of nitrogens with one attached hydrogen (secondary N) is 1. The third-order valence-corrected chi connectivity index (χ3v) is 4.77. The molecule has 2 amide bonds. The van der Waals surface area contributed by atoms with Crippen LogP contribution >= 0.6 is 23.2 Å². The molecule has 6 nitrogen and oxygen atoms in total. The van der Waals surface area contributed by atoms with E-state index in [9.17, 15) is 9.59 Å². The molecule has 1 N–H and O–H groups in total. The average molecular weight is 394 g/mol. The second kappa shape index (κ2) is 8.38. The average Bonchev–Trinajstić information content (AvgIpc) is 3.13. The summed E-state index contributed by atoms with van der Waals surface area (Å²) in [6.45, 7) is 1.22.